The number of rotatable bonds is 5. The van der Waals surface area contributed by atoms with Gasteiger partial charge < -0.3 is 10.6 Å². The normalized spacial score (nSPS) is 10.3. The molecule has 2 aromatic carbocycles. The summed E-state index contributed by atoms with van der Waals surface area (Å²) in [7, 11) is 0. The van der Waals surface area contributed by atoms with Crippen LogP contribution in [0.1, 0.15) is 21.6 Å². The first-order chi connectivity index (χ1) is 12.1. The quantitative estimate of drug-likeness (QED) is 0.744. The molecule has 0 radical (unpaired) electrons. The van der Waals surface area contributed by atoms with Gasteiger partial charge in [0.25, 0.3) is 5.91 Å². The van der Waals surface area contributed by atoms with Crippen LogP contribution in [0.5, 0.6) is 0 Å². The maximum absolute atomic E-state index is 12.9. The molecule has 1 heterocycles. The van der Waals surface area contributed by atoms with Crippen LogP contribution in [0.2, 0.25) is 0 Å². The van der Waals surface area contributed by atoms with Crippen LogP contribution in [-0.2, 0) is 6.54 Å². The Morgan fingerprint density at radius 1 is 1.00 bits per heavy atom. The van der Waals surface area contributed by atoms with Crippen molar-refractivity contribution >= 4 is 17.4 Å². The van der Waals surface area contributed by atoms with E-state index in [1.54, 1.807) is 12.1 Å². The van der Waals surface area contributed by atoms with Crippen molar-refractivity contribution in [2.24, 2.45) is 0 Å². The molecule has 0 aliphatic heterocycles. The molecular formula is C19H17FN4O. The molecule has 25 heavy (non-hydrogen) atoms. The van der Waals surface area contributed by atoms with Crippen molar-refractivity contribution in [3.8, 4) is 0 Å². The summed E-state index contributed by atoms with van der Waals surface area (Å²) in [6, 6.07) is 16.9. The average Bonchev–Trinajstić information content (AvgIpc) is 2.63. The third kappa shape index (κ3) is 4.38. The largest absolute Gasteiger partial charge is 0.364 e. The molecule has 126 valence electrons. The molecule has 0 saturated heterocycles. The highest BCUT2D eigenvalue weighted by Crippen LogP contribution is 2.12. The Morgan fingerprint density at radius 2 is 1.76 bits per heavy atom. The van der Waals surface area contributed by atoms with E-state index in [9.17, 15) is 9.18 Å². The van der Waals surface area contributed by atoms with Crippen LogP contribution in [0.25, 0.3) is 0 Å². The number of nitrogens with zero attached hydrogens (tertiary/aromatic N) is 2. The summed E-state index contributed by atoms with van der Waals surface area (Å²) in [5, 5.41) is 13.8. The lowest BCUT2D eigenvalue weighted by atomic mass is 10.1. The highest BCUT2D eigenvalue weighted by molar-refractivity contribution is 6.02. The summed E-state index contributed by atoms with van der Waals surface area (Å²) in [5.74, 6) is -0.173. The third-order valence-electron chi connectivity index (χ3n) is 3.72. The molecule has 1 aromatic heterocycles. The minimum Gasteiger partial charge on any atom is -0.364 e. The van der Waals surface area contributed by atoms with E-state index in [4.69, 9.17) is 0 Å². The van der Waals surface area contributed by atoms with E-state index < -0.39 is 5.91 Å². The number of amides is 1. The van der Waals surface area contributed by atoms with Gasteiger partial charge in [-0.25, -0.2) is 4.39 Å². The van der Waals surface area contributed by atoms with E-state index in [1.807, 2.05) is 31.2 Å². The van der Waals surface area contributed by atoms with Crippen LogP contribution < -0.4 is 10.6 Å². The first kappa shape index (κ1) is 16.6. The van der Waals surface area contributed by atoms with Crippen LogP contribution in [0.15, 0.2) is 60.7 Å². The zero-order chi connectivity index (χ0) is 17.6. The number of halogens is 1. The van der Waals surface area contributed by atoms with Gasteiger partial charge in [0.2, 0.25) is 0 Å². The second-order valence-electron chi connectivity index (χ2n) is 5.54. The van der Waals surface area contributed by atoms with E-state index in [1.165, 1.54) is 35.4 Å². The number of hydrogen-bond donors (Lipinski definition) is 2. The zero-order valence-electron chi connectivity index (χ0n) is 13.7. The van der Waals surface area contributed by atoms with Crippen molar-refractivity contribution < 1.29 is 9.18 Å². The van der Waals surface area contributed by atoms with Crippen molar-refractivity contribution in [2.75, 3.05) is 10.6 Å². The van der Waals surface area contributed by atoms with Gasteiger partial charge in [-0.2, -0.15) is 0 Å². The molecule has 3 rings (SSSR count). The molecule has 0 spiro atoms. The number of aryl methyl sites for hydroxylation is 1. The Kier molecular flexibility index (Phi) is 4.99. The van der Waals surface area contributed by atoms with Gasteiger partial charge in [0.1, 0.15) is 11.6 Å². The molecule has 0 fully saturated rings. The van der Waals surface area contributed by atoms with Gasteiger partial charge in [0, 0.05) is 12.2 Å². The fourth-order valence-corrected chi connectivity index (χ4v) is 2.27. The Labute approximate surface area is 144 Å². The Hall–Kier alpha value is -3.28. The smallest absolute Gasteiger partial charge is 0.276 e. The number of carbonyl (C=O) groups is 1. The van der Waals surface area contributed by atoms with Crippen LogP contribution >= 0.6 is 0 Å². The molecule has 0 bridgehead atoms. The Balaban J connectivity index is 1.60. The molecule has 6 heteroatoms. The molecule has 5 nitrogen and oxygen atoms in total. The van der Waals surface area contributed by atoms with Crippen molar-refractivity contribution in [2.45, 2.75) is 13.5 Å². The number of carbonyl (C=O) groups excluding carboxylic acids is 1. The van der Waals surface area contributed by atoms with E-state index in [2.05, 4.69) is 20.8 Å². The molecule has 0 aliphatic carbocycles. The predicted molar refractivity (Wildman–Crippen MR) is 94.9 cm³/mol. The molecule has 0 unspecified atom stereocenters. The number of hydrogen-bond acceptors (Lipinski definition) is 4. The number of aromatic nitrogens is 2. The van der Waals surface area contributed by atoms with Gasteiger partial charge in [0.05, 0.1) is 0 Å². The van der Waals surface area contributed by atoms with Gasteiger partial charge in [-0.1, -0.05) is 24.3 Å². The number of anilines is 2. The predicted octanol–water partition coefficient (Wildman–Crippen LogP) is 3.79. The van der Waals surface area contributed by atoms with Crippen LogP contribution in [-0.4, -0.2) is 16.1 Å². The summed E-state index contributed by atoms with van der Waals surface area (Å²) in [6.45, 7) is 2.67. The first-order valence-corrected chi connectivity index (χ1v) is 7.81. The fourth-order valence-electron chi connectivity index (χ4n) is 2.27. The fraction of sp³-hybridized carbons (Fsp3) is 0.105. The van der Waals surface area contributed by atoms with Gasteiger partial charge in [0.15, 0.2) is 5.69 Å². The average molecular weight is 336 g/mol. The summed E-state index contributed by atoms with van der Waals surface area (Å²) in [6.07, 6.45) is 0. The van der Waals surface area contributed by atoms with Crippen LogP contribution in [0, 0.1) is 12.7 Å². The first-order valence-electron chi connectivity index (χ1n) is 7.81. The third-order valence-corrected chi connectivity index (χ3v) is 3.72. The molecule has 0 atom stereocenters. The molecule has 0 aliphatic rings. The van der Waals surface area contributed by atoms with E-state index in [-0.39, 0.29) is 11.5 Å². The summed E-state index contributed by atoms with van der Waals surface area (Å²) < 4.78 is 12.9. The van der Waals surface area contributed by atoms with Crippen molar-refractivity contribution in [3.05, 3.63) is 83.3 Å². The van der Waals surface area contributed by atoms with Gasteiger partial charge >= 0.3 is 0 Å². The standard InChI is InChI=1S/C19H17FN4O/c1-13-4-2-3-5-14(13)12-21-18-11-10-17(23-24-18)19(25)22-16-8-6-15(20)7-9-16/h2-11H,12H2,1H3,(H,21,24)(H,22,25). The second-order valence-corrected chi connectivity index (χ2v) is 5.54. The molecular weight excluding hydrogens is 319 g/mol. The van der Waals surface area contributed by atoms with Crippen LogP contribution in [0.4, 0.5) is 15.9 Å². The van der Waals surface area contributed by atoms with Gasteiger partial charge in [-0.05, 0) is 54.4 Å². The summed E-state index contributed by atoms with van der Waals surface area (Å²) >= 11 is 0. The highest BCUT2D eigenvalue weighted by atomic mass is 19.1. The molecule has 3 aromatic rings. The highest BCUT2D eigenvalue weighted by Gasteiger charge is 2.09. The lowest BCUT2D eigenvalue weighted by molar-refractivity contribution is 0.102. The van der Waals surface area contributed by atoms with Crippen LogP contribution in [0.3, 0.4) is 0 Å². The number of benzene rings is 2. The van der Waals surface area contributed by atoms with E-state index >= 15 is 0 Å². The monoisotopic (exact) mass is 336 g/mol. The van der Waals surface area contributed by atoms with E-state index in [0.717, 1.165) is 0 Å². The Morgan fingerprint density at radius 3 is 2.44 bits per heavy atom. The zero-order valence-corrected chi connectivity index (χ0v) is 13.7. The SMILES string of the molecule is Cc1ccccc1CNc1ccc(C(=O)Nc2ccc(F)cc2)nn1. The topological polar surface area (TPSA) is 66.9 Å². The number of nitrogens with one attached hydrogen (secondary N) is 2. The maximum atomic E-state index is 12.9. The van der Waals surface area contributed by atoms with Gasteiger partial charge in [-0.15, -0.1) is 10.2 Å². The van der Waals surface area contributed by atoms with Crippen molar-refractivity contribution in [1.29, 1.82) is 0 Å². The van der Waals surface area contributed by atoms with Crippen molar-refractivity contribution in [1.82, 2.24) is 10.2 Å². The summed E-state index contributed by atoms with van der Waals surface area (Å²) in [5.41, 5.74) is 3.04. The Bertz CT molecular complexity index is 863. The molecule has 0 saturated carbocycles. The van der Waals surface area contributed by atoms with Crippen molar-refractivity contribution in [3.63, 3.8) is 0 Å². The van der Waals surface area contributed by atoms with E-state index in [0.29, 0.717) is 18.1 Å². The molecule has 1 amide bonds. The lowest BCUT2D eigenvalue weighted by Crippen LogP contribution is -2.15. The second kappa shape index (κ2) is 7.53. The van der Waals surface area contributed by atoms with Gasteiger partial charge in [-0.3, -0.25) is 4.79 Å². The summed E-state index contributed by atoms with van der Waals surface area (Å²) in [4.78, 5) is 12.1. The minimum absolute atomic E-state index is 0.186. The molecule has 2 N–H and O–H groups in total. The minimum atomic E-state index is -0.399. The lowest BCUT2D eigenvalue weighted by Gasteiger charge is -2.08. The maximum Gasteiger partial charge on any atom is 0.276 e.